The van der Waals surface area contributed by atoms with Gasteiger partial charge in [-0.25, -0.2) is 0 Å². The molecule has 0 radical (unpaired) electrons. The van der Waals surface area contributed by atoms with Crippen molar-refractivity contribution in [3.05, 3.63) is 82.0 Å². The molecule has 1 aromatic heterocycles. The number of carbonyl (C=O) groups is 1. The van der Waals surface area contributed by atoms with Crippen molar-refractivity contribution >= 4 is 27.5 Å². The SMILES string of the molecule is Cn1c(O)c(C(=O)C[C@H](N)c2c(O)ccc3ccccc23)c(=O)c2ccccc21. The van der Waals surface area contributed by atoms with Crippen LogP contribution in [0.1, 0.15) is 28.4 Å². The van der Waals surface area contributed by atoms with Crippen LogP contribution in [0.3, 0.4) is 0 Å². The number of Topliss-reactive ketones (excluding diaryl/α,β-unsaturated/α-hetero) is 1. The van der Waals surface area contributed by atoms with Gasteiger partial charge in [0, 0.05) is 30.5 Å². The zero-order chi connectivity index (χ0) is 20.7. The van der Waals surface area contributed by atoms with Crippen LogP contribution in [0.4, 0.5) is 0 Å². The average Bonchev–Trinajstić information content (AvgIpc) is 2.72. The molecule has 0 bridgehead atoms. The number of benzene rings is 3. The lowest BCUT2D eigenvalue weighted by Crippen LogP contribution is -2.23. The van der Waals surface area contributed by atoms with E-state index in [1.165, 1.54) is 10.6 Å². The van der Waals surface area contributed by atoms with Crippen molar-refractivity contribution < 1.29 is 15.0 Å². The minimum Gasteiger partial charge on any atom is -0.508 e. The molecular formula is C23H20N2O4. The smallest absolute Gasteiger partial charge is 0.206 e. The van der Waals surface area contributed by atoms with E-state index in [0.29, 0.717) is 16.5 Å². The minimum absolute atomic E-state index is 0.0142. The van der Waals surface area contributed by atoms with E-state index in [1.807, 2.05) is 24.3 Å². The summed E-state index contributed by atoms with van der Waals surface area (Å²) in [7, 11) is 1.59. The van der Waals surface area contributed by atoms with E-state index in [0.717, 1.165) is 10.8 Å². The number of fused-ring (bicyclic) bond motifs is 2. The summed E-state index contributed by atoms with van der Waals surface area (Å²) in [5.41, 5.74) is 6.43. The average molecular weight is 388 g/mol. The highest BCUT2D eigenvalue weighted by molar-refractivity contribution is 6.02. The summed E-state index contributed by atoms with van der Waals surface area (Å²) in [4.78, 5) is 25.8. The first-order valence-corrected chi connectivity index (χ1v) is 9.20. The van der Waals surface area contributed by atoms with Crippen LogP contribution in [0.15, 0.2) is 65.5 Å². The maximum atomic E-state index is 13.0. The highest BCUT2D eigenvalue weighted by Gasteiger charge is 2.25. The molecule has 0 unspecified atom stereocenters. The number of nitrogens with two attached hydrogens (primary N) is 1. The fourth-order valence-electron chi connectivity index (χ4n) is 3.81. The van der Waals surface area contributed by atoms with E-state index in [-0.39, 0.29) is 17.7 Å². The maximum absolute atomic E-state index is 13.0. The number of aromatic hydroxyl groups is 2. The second-order valence-electron chi connectivity index (χ2n) is 7.06. The number of aryl methyl sites for hydroxylation is 1. The van der Waals surface area contributed by atoms with Gasteiger partial charge in [0.1, 0.15) is 11.3 Å². The molecule has 6 heteroatoms. The Hall–Kier alpha value is -3.64. The summed E-state index contributed by atoms with van der Waals surface area (Å²) in [6.07, 6.45) is -0.233. The van der Waals surface area contributed by atoms with Gasteiger partial charge in [0.05, 0.1) is 5.52 Å². The standard InChI is InChI=1S/C23H20N2O4/c1-25-17-9-5-4-8-15(17)22(28)21(23(25)29)19(27)12-16(24)20-14-7-3-2-6-13(14)10-11-18(20)26/h2-11,16,26,29H,12,24H2,1H3/t16-/m0/s1. The van der Waals surface area contributed by atoms with Gasteiger partial charge in [0.15, 0.2) is 5.78 Å². The number of aromatic nitrogens is 1. The monoisotopic (exact) mass is 388 g/mol. The summed E-state index contributed by atoms with van der Waals surface area (Å²) in [6, 6.07) is 16.6. The van der Waals surface area contributed by atoms with Crippen LogP contribution < -0.4 is 11.2 Å². The molecule has 4 aromatic rings. The number of nitrogens with zero attached hydrogens (tertiary/aromatic N) is 1. The van der Waals surface area contributed by atoms with Crippen LogP contribution in [-0.4, -0.2) is 20.6 Å². The van der Waals surface area contributed by atoms with Gasteiger partial charge in [-0.05, 0) is 29.0 Å². The molecule has 0 aliphatic heterocycles. The molecule has 3 aromatic carbocycles. The van der Waals surface area contributed by atoms with Crippen LogP contribution in [0.25, 0.3) is 21.7 Å². The number of hydrogen-bond acceptors (Lipinski definition) is 5. The minimum atomic E-state index is -0.843. The fraction of sp³-hybridized carbons (Fsp3) is 0.130. The molecule has 0 fully saturated rings. The molecule has 0 spiro atoms. The van der Waals surface area contributed by atoms with E-state index in [1.54, 1.807) is 37.4 Å². The predicted octanol–water partition coefficient (Wildman–Crippen LogP) is 3.38. The molecule has 0 saturated heterocycles. The summed E-state index contributed by atoms with van der Waals surface area (Å²) in [6.45, 7) is 0. The van der Waals surface area contributed by atoms with Gasteiger partial charge in [-0.3, -0.25) is 9.59 Å². The van der Waals surface area contributed by atoms with Crippen molar-refractivity contribution in [1.29, 1.82) is 0 Å². The van der Waals surface area contributed by atoms with Gasteiger partial charge in [-0.1, -0.05) is 42.5 Å². The molecule has 4 rings (SSSR count). The zero-order valence-electron chi connectivity index (χ0n) is 15.8. The number of carbonyl (C=O) groups excluding carboxylic acids is 1. The van der Waals surface area contributed by atoms with Crippen LogP contribution in [0.5, 0.6) is 11.6 Å². The van der Waals surface area contributed by atoms with Gasteiger partial charge in [0.2, 0.25) is 11.3 Å². The summed E-state index contributed by atoms with van der Waals surface area (Å²) < 4.78 is 1.41. The Balaban J connectivity index is 1.78. The number of hydrogen-bond donors (Lipinski definition) is 3. The molecule has 29 heavy (non-hydrogen) atoms. The molecule has 4 N–H and O–H groups in total. The Kier molecular flexibility index (Phi) is 4.56. The quantitative estimate of drug-likeness (QED) is 0.465. The number of phenols is 1. The van der Waals surface area contributed by atoms with Crippen molar-refractivity contribution in [3.8, 4) is 11.6 Å². The molecule has 0 saturated carbocycles. The molecule has 0 amide bonds. The second-order valence-corrected chi connectivity index (χ2v) is 7.06. The fourth-order valence-corrected chi connectivity index (χ4v) is 3.81. The Morgan fingerprint density at radius 1 is 1.00 bits per heavy atom. The van der Waals surface area contributed by atoms with Gasteiger partial charge >= 0.3 is 0 Å². The normalized spacial score (nSPS) is 12.3. The van der Waals surface area contributed by atoms with Crippen LogP contribution in [-0.2, 0) is 7.05 Å². The lowest BCUT2D eigenvalue weighted by molar-refractivity contribution is 0.0969. The Morgan fingerprint density at radius 3 is 2.41 bits per heavy atom. The van der Waals surface area contributed by atoms with Gasteiger partial charge in [-0.2, -0.15) is 0 Å². The lowest BCUT2D eigenvalue weighted by atomic mass is 9.93. The molecule has 146 valence electrons. The van der Waals surface area contributed by atoms with E-state index >= 15 is 0 Å². The summed E-state index contributed by atoms with van der Waals surface area (Å²) in [5, 5.41) is 22.8. The van der Waals surface area contributed by atoms with Gasteiger partial charge in [0.25, 0.3) is 0 Å². The van der Waals surface area contributed by atoms with Crippen molar-refractivity contribution in [2.24, 2.45) is 12.8 Å². The Morgan fingerprint density at radius 2 is 1.66 bits per heavy atom. The highest BCUT2D eigenvalue weighted by Crippen LogP contribution is 2.33. The molecule has 0 aliphatic rings. The summed E-state index contributed by atoms with van der Waals surface area (Å²) >= 11 is 0. The molecule has 0 aliphatic carbocycles. The molecule has 1 heterocycles. The van der Waals surface area contributed by atoms with Crippen LogP contribution >= 0.6 is 0 Å². The van der Waals surface area contributed by atoms with Crippen LogP contribution in [0.2, 0.25) is 0 Å². The lowest BCUT2D eigenvalue weighted by Gasteiger charge is -2.17. The third-order valence-electron chi connectivity index (χ3n) is 5.28. The van der Waals surface area contributed by atoms with Crippen molar-refractivity contribution in [2.75, 3.05) is 0 Å². The number of pyridine rings is 1. The second kappa shape index (κ2) is 7.07. The van der Waals surface area contributed by atoms with Gasteiger partial charge in [-0.15, -0.1) is 0 Å². The highest BCUT2D eigenvalue weighted by atomic mass is 16.3. The van der Waals surface area contributed by atoms with E-state index in [2.05, 4.69) is 0 Å². The number of phenolic OH excluding ortho intramolecular Hbond substituents is 1. The first-order chi connectivity index (χ1) is 13.9. The first kappa shape index (κ1) is 18.7. The number of ketones is 1. The largest absolute Gasteiger partial charge is 0.508 e. The molecule has 1 atom stereocenters. The topological polar surface area (TPSA) is 106 Å². The Labute approximate surface area is 166 Å². The van der Waals surface area contributed by atoms with E-state index in [4.69, 9.17) is 5.73 Å². The number of para-hydroxylation sites is 1. The third kappa shape index (κ3) is 3.03. The zero-order valence-corrected chi connectivity index (χ0v) is 15.8. The first-order valence-electron chi connectivity index (χ1n) is 9.20. The summed E-state index contributed by atoms with van der Waals surface area (Å²) in [5.74, 6) is -0.985. The van der Waals surface area contributed by atoms with Crippen molar-refractivity contribution in [3.63, 3.8) is 0 Å². The van der Waals surface area contributed by atoms with Crippen molar-refractivity contribution in [2.45, 2.75) is 12.5 Å². The maximum Gasteiger partial charge on any atom is 0.206 e. The van der Waals surface area contributed by atoms with Crippen LogP contribution in [0, 0.1) is 0 Å². The number of rotatable bonds is 4. The molecule has 6 nitrogen and oxygen atoms in total. The Bertz CT molecular complexity index is 1320. The predicted molar refractivity (Wildman–Crippen MR) is 112 cm³/mol. The van der Waals surface area contributed by atoms with Crippen molar-refractivity contribution in [1.82, 2.24) is 4.57 Å². The van der Waals surface area contributed by atoms with Gasteiger partial charge < -0.3 is 20.5 Å². The van der Waals surface area contributed by atoms with E-state index < -0.39 is 23.1 Å². The molecular weight excluding hydrogens is 368 g/mol. The third-order valence-corrected chi connectivity index (χ3v) is 5.28. The van der Waals surface area contributed by atoms with E-state index in [9.17, 15) is 19.8 Å².